The van der Waals surface area contributed by atoms with Crippen molar-refractivity contribution in [2.45, 2.75) is 93.9 Å². The van der Waals surface area contributed by atoms with Gasteiger partial charge in [-0.15, -0.1) is 0 Å². The van der Waals surface area contributed by atoms with E-state index in [-0.39, 0.29) is 33.9 Å². The molecule has 4 aromatic carbocycles. The second kappa shape index (κ2) is 9.67. The van der Waals surface area contributed by atoms with E-state index >= 15 is 0 Å². The molecule has 0 spiro atoms. The highest BCUT2D eigenvalue weighted by Crippen LogP contribution is 2.49. The van der Waals surface area contributed by atoms with Crippen molar-refractivity contribution in [3.63, 3.8) is 0 Å². The van der Waals surface area contributed by atoms with Crippen LogP contribution < -0.4 is 0 Å². The second-order valence-electron chi connectivity index (χ2n) is 17.4. The predicted octanol–water partition coefficient (Wildman–Crippen LogP) is 10.9. The largest absolute Gasteiger partial charge is 0.507 e. The molecule has 2 aliphatic rings. The van der Waals surface area contributed by atoms with Gasteiger partial charge in [-0.05, 0) is 92.5 Å². The van der Waals surface area contributed by atoms with Crippen molar-refractivity contribution in [2.24, 2.45) is 10.8 Å². The number of carbonyl (C=O) groups is 2. The highest BCUT2D eigenvalue weighted by atomic mass is 16.3. The van der Waals surface area contributed by atoms with Gasteiger partial charge in [0, 0.05) is 54.9 Å². The molecule has 0 unspecified atom stereocenters. The number of phenols is 2. The number of hydrogen-bond donors (Lipinski definition) is 2. The molecule has 0 aliphatic heterocycles. The Morgan fingerprint density at radius 2 is 0.783 bits per heavy atom. The first kappa shape index (κ1) is 31.8. The SMILES string of the molecule is CC(C)(C)C1=Cc2cc(C(C)(C)C)c(O)c3cc(-c4cc5c6c(cc(C(C)(C)C)c(O)c6c4)C=C(C(C)(C)C)C5=O)cc(c23)C1=O. The third-order valence-corrected chi connectivity index (χ3v) is 9.62. The number of phenolic OH excluding ortho intramolecular Hbond substituents is 2. The van der Waals surface area contributed by atoms with E-state index in [1.807, 2.05) is 90.1 Å². The smallest absolute Gasteiger partial charge is 0.190 e. The van der Waals surface area contributed by atoms with E-state index in [1.54, 1.807) is 0 Å². The zero-order valence-corrected chi connectivity index (χ0v) is 29.3. The normalized spacial score (nSPS) is 15.5. The minimum atomic E-state index is -0.391. The van der Waals surface area contributed by atoms with Crippen molar-refractivity contribution < 1.29 is 19.8 Å². The van der Waals surface area contributed by atoms with E-state index in [0.717, 1.165) is 33.0 Å². The fourth-order valence-corrected chi connectivity index (χ4v) is 7.07. The van der Waals surface area contributed by atoms with Crippen LogP contribution in [0.4, 0.5) is 0 Å². The summed E-state index contributed by atoms with van der Waals surface area (Å²) in [6, 6.07) is 11.7. The van der Waals surface area contributed by atoms with Gasteiger partial charge in [-0.1, -0.05) is 83.1 Å². The van der Waals surface area contributed by atoms with Gasteiger partial charge in [-0.3, -0.25) is 9.59 Å². The molecule has 0 fully saturated rings. The van der Waals surface area contributed by atoms with Crippen LogP contribution in [-0.2, 0) is 10.8 Å². The highest BCUT2D eigenvalue weighted by Gasteiger charge is 2.35. The Bertz CT molecular complexity index is 1950. The minimum Gasteiger partial charge on any atom is -0.507 e. The number of ketones is 2. The van der Waals surface area contributed by atoms with Crippen LogP contribution in [0, 0.1) is 10.8 Å². The quantitative estimate of drug-likeness (QED) is 0.224. The topological polar surface area (TPSA) is 74.6 Å². The average Bonchev–Trinajstić information content (AvgIpc) is 2.91. The Hall–Kier alpha value is -4.18. The highest BCUT2D eigenvalue weighted by molar-refractivity contribution is 6.26. The van der Waals surface area contributed by atoms with Crippen LogP contribution in [0.5, 0.6) is 11.5 Å². The van der Waals surface area contributed by atoms with Gasteiger partial charge in [0.25, 0.3) is 0 Å². The van der Waals surface area contributed by atoms with E-state index in [1.165, 1.54) is 0 Å². The van der Waals surface area contributed by atoms with E-state index in [9.17, 15) is 19.8 Å². The van der Waals surface area contributed by atoms with Crippen LogP contribution in [0.15, 0.2) is 47.5 Å². The van der Waals surface area contributed by atoms with Crippen LogP contribution in [0.3, 0.4) is 0 Å². The summed E-state index contributed by atoms with van der Waals surface area (Å²) < 4.78 is 0. The van der Waals surface area contributed by atoms with Gasteiger partial charge in [-0.25, -0.2) is 0 Å². The fourth-order valence-electron chi connectivity index (χ4n) is 7.07. The van der Waals surface area contributed by atoms with E-state index in [2.05, 4.69) is 41.5 Å². The standard InChI is InChI=1S/C42H46O4/c1-39(2,3)29-17-23-18-30(40(4,5)6)36(44)26-14-21(13-25(33(23)26)35(29)43)22-15-27-34-24(19-31(37(27)45)41(7,8)9)20-32(42(10,11)12)38(46)28(34)16-22/h13-20,43,45H,1-12H3. The molecule has 6 rings (SSSR count). The maximum absolute atomic E-state index is 14.2. The number of carbonyl (C=O) groups excluding carboxylic acids is 2. The van der Waals surface area contributed by atoms with Crippen LogP contribution in [0.2, 0.25) is 0 Å². The lowest BCUT2D eigenvalue weighted by atomic mass is 9.73. The maximum Gasteiger partial charge on any atom is 0.190 e. The van der Waals surface area contributed by atoms with Crippen LogP contribution in [0.25, 0.3) is 44.8 Å². The third kappa shape index (κ3) is 4.80. The monoisotopic (exact) mass is 614 g/mol. The van der Waals surface area contributed by atoms with Crippen LogP contribution >= 0.6 is 0 Å². The van der Waals surface area contributed by atoms with Crippen molar-refractivity contribution in [3.8, 4) is 22.6 Å². The molecule has 4 heteroatoms. The molecule has 0 radical (unpaired) electrons. The Morgan fingerprint density at radius 3 is 1.07 bits per heavy atom. The molecule has 4 nitrogen and oxygen atoms in total. The fraction of sp³-hybridized carbons (Fsp3) is 0.381. The van der Waals surface area contributed by atoms with Crippen LogP contribution in [0.1, 0.15) is 126 Å². The number of benzene rings is 4. The first-order chi connectivity index (χ1) is 21.0. The summed E-state index contributed by atoms with van der Waals surface area (Å²) in [5.41, 5.74) is 5.89. The zero-order chi connectivity index (χ0) is 34.0. The van der Waals surface area contributed by atoms with Gasteiger partial charge in [0.2, 0.25) is 0 Å². The van der Waals surface area contributed by atoms with Crippen LogP contribution in [-0.4, -0.2) is 21.8 Å². The van der Waals surface area contributed by atoms with Gasteiger partial charge in [0.15, 0.2) is 11.6 Å². The summed E-state index contributed by atoms with van der Waals surface area (Å²) in [5.74, 6) is 0.189. The van der Waals surface area contributed by atoms with Crippen molar-refractivity contribution in [1.29, 1.82) is 0 Å². The maximum atomic E-state index is 14.2. The Labute approximate surface area is 272 Å². The molecule has 0 heterocycles. The summed E-state index contributed by atoms with van der Waals surface area (Å²) in [6.07, 6.45) is 3.97. The van der Waals surface area contributed by atoms with Gasteiger partial charge < -0.3 is 10.2 Å². The summed E-state index contributed by atoms with van der Waals surface area (Å²) in [4.78, 5) is 28.4. The number of rotatable bonds is 1. The van der Waals surface area contributed by atoms with Crippen molar-refractivity contribution in [1.82, 2.24) is 0 Å². The van der Waals surface area contributed by atoms with Gasteiger partial charge in [0.05, 0.1) is 0 Å². The molecule has 0 aromatic heterocycles. The molecule has 0 bridgehead atoms. The average molecular weight is 615 g/mol. The summed E-state index contributed by atoms with van der Waals surface area (Å²) in [6.45, 7) is 24.7. The molecule has 2 N–H and O–H groups in total. The van der Waals surface area contributed by atoms with E-state index in [4.69, 9.17) is 0 Å². The van der Waals surface area contributed by atoms with E-state index in [0.29, 0.717) is 44.2 Å². The molecule has 0 saturated carbocycles. The molecular formula is C42H46O4. The van der Waals surface area contributed by atoms with Gasteiger partial charge in [0.1, 0.15) is 11.5 Å². The second-order valence-corrected chi connectivity index (χ2v) is 17.4. The number of Topliss-reactive ketones (excluding diaryl/α,β-unsaturated/α-hetero) is 2. The molecule has 46 heavy (non-hydrogen) atoms. The molecular weight excluding hydrogens is 568 g/mol. The predicted molar refractivity (Wildman–Crippen MR) is 191 cm³/mol. The summed E-state index contributed by atoms with van der Waals surface area (Å²) in [7, 11) is 0. The molecule has 0 amide bonds. The Kier molecular flexibility index (Phi) is 6.68. The summed E-state index contributed by atoms with van der Waals surface area (Å²) in [5, 5.41) is 26.2. The molecule has 0 atom stereocenters. The molecule has 2 aliphatic carbocycles. The number of allylic oxidation sites excluding steroid dienone is 2. The van der Waals surface area contributed by atoms with Crippen molar-refractivity contribution in [3.05, 3.63) is 80.9 Å². The molecule has 0 saturated heterocycles. The number of aromatic hydroxyl groups is 2. The van der Waals surface area contributed by atoms with Gasteiger partial charge >= 0.3 is 0 Å². The van der Waals surface area contributed by atoms with Crippen molar-refractivity contribution in [2.75, 3.05) is 0 Å². The first-order valence-corrected chi connectivity index (χ1v) is 16.2. The Balaban J connectivity index is 1.74. The minimum absolute atomic E-state index is 0.0638. The zero-order valence-electron chi connectivity index (χ0n) is 29.3. The lowest BCUT2D eigenvalue weighted by Gasteiger charge is -2.30. The molecule has 238 valence electrons. The molecule has 4 aromatic rings. The van der Waals surface area contributed by atoms with Gasteiger partial charge in [-0.2, -0.15) is 0 Å². The number of hydrogen-bond acceptors (Lipinski definition) is 4. The van der Waals surface area contributed by atoms with E-state index < -0.39 is 10.8 Å². The van der Waals surface area contributed by atoms with Crippen molar-refractivity contribution >= 4 is 45.3 Å². The lowest BCUT2D eigenvalue weighted by Crippen LogP contribution is -2.22. The lowest BCUT2D eigenvalue weighted by molar-refractivity contribution is 0.100. The Morgan fingerprint density at radius 1 is 0.457 bits per heavy atom. The first-order valence-electron chi connectivity index (χ1n) is 16.2. The summed E-state index contributed by atoms with van der Waals surface area (Å²) >= 11 is 0. The third-order valence-electron chi connectivity index (χ3n) is 9.62.